The van der Waals surface area contributed by atoms with Gasteiger partial charge >= 0.3 is 0 Å². The van der Waals surface area contributed by atoms with Crippen LogP contribution in [0, 0.1) is 0 Å². The number of carbonyl (C=O) groups excluding carboxylic acids is 1. The number of benzene rings is 1. The lowest BCUT2D eigenvalue weighted by Gasteiger charge is -2.25. The van der Waals surface area contributed by atoms with E-state index in [-0.39, 0.29) is 5.91 Å². The summed E-state index contributed by atoms with van der Waals surface area (Å²) in [4.78, 5) is 14.4. The monoisotopic (exact) mass is 320 g/mol. The molecule has 6 heteroatoms. The van der Waals surface area contributed by atoms with Gasteiger partial charge in [0.15, 0.2) is 0 Å². The van der Waals surface area contributed by atoms with E-state index in [1.54, 1.807) is 23.1 Å². The van der Waals surface area contributed by atoms with E-state index in [9.17, 15) is 9.90 Å². The molecule has 2 atom stereocenters. The molecule has 0 unspecified atom stereocenters. The summed E-state index contributed by atoms with van der Waals surface area (Å²) in [6, 6.07) is 7.14. The average molecular weight is 320 g/mol. The Hall–Kier alpha value is -1.63. The standard InChI is InChI=1S/C17H24N2O4/c18-7-3-8-22-14-5-1-4-13(10-14)16(21)19-11-15(20)17(12-19)6-2-9-23-17/h1,4-5,10,15,20H,2-3,6-9,11-12,18H2/t15-,17-/m0/s1. The van der Waals surface area contributed by atoms with Crippen LogP contribution in [-0.4, -0.2) is 60.5 Å². The van der Waals surface area contributed by atoms with E-state index in [2.05, 4.69) is 0 Å². The first-order valence-electron chi connectivity index (χ1n) is 8.19. The highest BCUT2D eigenvalue weighted by Gasteiger charge is 2.50. The second-order valence-corrected chi connectivity index (χ2v) is 6.24. The van der Waals surface area contributed by atoms with Gasteiger partial charge in [-0.25, -0.2) is 0 Å². The molecule has 1 spiro atoms. The van der Waals surface area contributed by atoms with Crippen molar-refractivity contribution in [1.29, 1.82) is 0 Å². The lowest BCUT2D eigenvalue weighted by Crippen LogP contribution is -2.41. The van der Waals surface area contributed by atoms with Crippen molar-refractivity contribution in [3.8, 4) is 5.75 Å². The first-order chi connectivity index (χ1) is 11.1. The fourth-order valence-electron chi connectivity index (χ4n) is 3.30. The molecule has 2 aliphatic rings. The molecule has 3 rings (SSSR count). The molecule has 2 aliphatic heterocycles. The first-order valence-corrected chi connectivity index (χ1v) is 8.19. The van der Waals surface area contributed by atoms with Crippen LogP contribution in [0.2, 0.25) is 0 Å². The van der Waals surface area contributed by atoms with Gasteiger partial charge in [-0.2, -0.15) is 0 Å². The highest BCUT2D eigenvalue weighted by molar-refractivity contribution is 5.95. The summed E-state index contributed by atoms with van der Waals surface area (Å²) in [6.45, 7) is 2.53. The van der Waals surface area contributed by atoms with Crippen molar-refractivity contribution in [1.82, 2.24) is 4.90 Å². The van der Waals surface area contributed by atoms with Crippen molar-refractivity contribution < 1.29 is 19.4 Å². The molecule has 1 aromatic rings. The normalized spacial score (nSPS) is 26.9. The third-order valence-electron chi connectivity index (χ3n) is 4.58. The van der Waals surface area contributed by atoms with Crippen LogP contribution in [0.25, 0.3) is 0 Å². The largest absolute Gasteiger partial charge is 0.494 e. The second kappa shape index (κ2) is 6.86. The van der Waals surface area contributed by atoms with Crippen LogP contribution in [0.4, 0.5) is 0 Å². The Morgan fingerprint density at radius 2 is 2.39 bits per heavy atom. The molecule has 0 aromatic heterocycles. The number of likely N-dealkylation sites (tertiary alicyclic amines) is 1. The number of rotatable bonds is 5. The number of ether oxygens (including phenoxy) is 2. The summed E-state index contributed by atoms with van der Waals surface area (Å²) in [6.07, 6.45) is 1.90. The van der Waals surface area contributed by atoms with Gasteiger partial charge in [0.1, 0.15) is 17.5 Å². The SMILES string of the molecule is NCCCOc1cccc(C(=O)N2C[C@H](O)[C@]3(CCCO3)C2)c1. The predicted molar refractivity (Wildman–Crippen MR) is 85.4 cm³/mol. The Labute approximate surface area is 136 Å². The maximum atomic E-state index is 12.7. The van der Waals surface area contributed by atoms with E-state index in [1.165, 1.54) is 0 Å². The van der Waals surface area contributed by atoms with Crippen molar-refractivity contribution in [3.63, 3.8) is 0 Å². The van der Waals surface area contributed by atoms with Gasteiger partial charge < -0.3 is 25.2 Å². The van der Waals surface area contributed by atoms with Gasteiger partial charge in [0.05, 0.1) is 13.2 Å². The van der Waals surface area contributed by atoms with Crippen molar-refractivity contribution in [3.05, 3.63) is 29.8 Å². The summed E-state index contributed by atoms with van der Waals surface area (Å²) < 4.78 is 11.3. The molecule has 2 fully saturated rings. The lowest BCUT2D eigenvalue weighted by atomic mass is 9.97. The highest BCUT2D eigenvalue weighted by Crippen LogP contribution is 2.35. The van der Waals surface area contributed by atoms with Gasteiger partial charge in [-0.05, 0) is 44.0 Å². The maximum Gasteiger partial charge on any atom is 0.254 e. The van der Waals surface area contributed by atoms with Crippen LogP contribution >= 0.6 is 0 Å². The number of carbonyl (C=O) groups is 1. The number of aliphatic hydroxyl groups excluding tert-OH is 1. The Bertz CT molecular complexity index is 557. The molecule has 0 aliphatic carbocycles. The molecule has 0 radical (unpaired) electrons. The number of β-amino-alcohol motifs (C(OH)–C–C–N with tert-alkyl or cyclic N) is 1. The number of nitrogens with zero attached hydrogens (tertiary/aromatic N) is 1. The Morgan fingerprint density at radius 1 is 1.52 bits per heavy atom. The zero-order chi connectivity index (χ0) is 16.3. The van der Waals surface area contributed by atoms with Crippen LogP contribution in [0.5, 0.6) is 5.75 Å². The van der Waals surface area contributed by atoms with Gasteiger partial charge in [-0.1, -0.05) is 6.07 Å². The van der Waals surface area contributed by atoms with Crippen LogP contribution in [0.3, 0.4) is 0 Å². The molecule has 0 bridgehead atoms. The van der Waals surface area contributed by atoms with Crippen LogP contribution in [0.15, 0.2) is 24.3 Å². The topological polar surface area (TPSA) is 85.0 Å². The Balaban J connectivity index is 1.67. The second-order valence-electron chi connectivity index (χ2n) is 6.24. The summed E-state index contributed by atoms with van der Waals surface area (Å²) in [7, 11) is 0. The molecule has 126 valence electrons. The third kappa shape index (κ3) is 3.34. The number of hydrogen-bond acceptors (Lipinski definition) is 5. The first kappa shape index (κ1) is 16.2. The minimum absolute atomic E-state index is 0.0966. The van der Waals surface area contributed by atoms with Gasteiger partial charge in [0.2, 0.25) is 0 Å². The number of hydrogen-bond donors (Lipinski definition) is 2. The average Bonchev–Trinajstić information content (AvgIpc) is 3.16. The third-order valence-corrected chi connectivity index (χ3v) is 4.58. The van der Waals surface area contributed by atoms with Crippen molar-refractivity contribution >= 4 is 5.91 Å². The molecular weight excluding hydrogens is 296 g/mol. The van der Waals surface area contributed by atoms with E-state index >= 15 is 0 Å². The fraction of sp³-hybridized carbons (Fsp3) is 0.588. The molecule has 1 aromatic carbocycles. The number of aliphatic hydroxyl groups is 1. The summed E-state index contributed by atoms with van der Waals surface area (Å²) in [5, 5.41) is 10.3. The van der Waals surface area contributed by atoms with E-state index in [4.69, 9.17) is 15.2 Å². The Morgan fingerprint density at radius 3 is 3.13 bits per heavy atom. The van der Waals surface area contributed by atoms with Gasteiger partial charge in [0, 0.05) is 18.7 Å². The minimum atomic E-state index is -0.613. The van der Waals surface area contributed by atoms with Crippen molar-refractivity contribution in [2.75, 3.05) is 32.8 Å². The minimum Gasteiger partial charge on any atom is -0.494 e. The summed E-state index contributed by atoms with van der Waals surface area (Å²) in [5.74, 6) is 0.566. The predicted octanol–water partition coefficient (Wildman–Crippen LogP) is 0.780. The van der Waals surface area contributed by atoms with Crippen molar-refractivity contribution in [2.45, 2.75) is 31.0 Å². The van der Waals surface area contributed by atoms with E-state index < -0.39 is 11.7 Å². The molecule has 6 nitrogen and oxygen atoms in total. The van der Waals surface area contributed by atoms with Crippen LogP contribution in [-0.2, 0) is 4.74 Å². The quantitative estimate of drug-likeness (QED) is 0.783. The van der Waals surface area contributed by atoms with Crippen LogP contribution in [0.1, 0.15) is 29.6 Å². The molecule has 2 heterocycles. The summed E-state index contributed by atoms with van der Waals surface area (Å²) >= 11 is 0. The van der Waals surface area contributed by atoms with Gasteiger partial charge in [-0.15, -0.1) is 0 Å². The smallest absolute Gasteiger partial charge is 0.254 e. The van der Waals surface area contributed by atoms with E-state index in [0.717, 1.165) is 19.3 Å². The van der Waals surface area contributed by atoms with Gasteiger partial charge in [-0.3, -0.25) is 4.79 Å². The molecular formula is C17H24N2O4. The molecule has 1 amide bonds. The molecule has 23 heavy (non-hydrogen) atoms. The lowest BCUT2D eigenvalue weighted by molar-refractivity contribution is -0.0590. The van der Waals surface area contributed by atoms with Crippen molar-refractivity contribution in [2.24, 2.45) is 5.73 Å². The Kier molecular flexibility index (Phi) is 4.84. The summed E-state index contributed by atoms with van der Waals surface area (Å²) in [5.41, 5.74) is 5.45. The molecule has 0 saturated carbocycles. The van der Waals surface area contributed by atoms with Gasteiger partial charge in [0.25, 0.3) is 5.91 Å². The van der Waals surface area contributed by atoms with E-state index in [1.807, 2.05) is 6.07 Å². The number of nitrogens with two attached hydrogens (primary N) is 1. The molecule has 2 saturated heterocycles. The maximum absolute atomic E-state index is 12.7. The zero-order valence-corrected chi connectivity index (χ0v) is 13.2. The highest BCUT2D eigenvalue weighted by atomic mass is 16.5. The van der Waals surface area contributed by atoms with E-state index in [0.29, 0.717) is 44.2 Å². The number of amides is 1. The van der Waals surface area contributed by atoms with Crippen LogP contribution < -0.4 is 10.5 Å². The zero-order valence-electron chi connectivity index (χ0n) is 13.2. The molecule has 3 N–H and O–H groups in total. The fourth-order valence-corrected chi connectivity index (χ4v) is 3.30.